The number of hydrogen-bond acceptors (Lipinski definition) is 4. The molecule has 0 N–H and O–H groups in total. The van der Waals surface area contributed by atoms with E-state index in [1.54, 1.807) is 19.1 Å². The molecular formula is C18H14F3N3O2. The second-order valence-corrected chi connectivity index (χ2v) is 5.96. The molecule has 0 saturated heterocycles. The molecule has 0 atom stereocenters. The number of esters is 1. The van der Waals surface area contributed by atoms with Gasteiger partial charge in [0.25, 0.3) is 0 Å². The van der Waals surface area contributed by atoms with Crippen molar-refractivity contribution in [3.05, 3.63) is 52.8 Å². The number of alkyl halides is 3. The molecule has 4 rings (SSSR count). The van der Waals surface area contributed by atoms with Gasteiger partial charge < -0.3 is 4.74 Å². The first-order chi connectivity index (χ1) is 12.4. The third-order valence-corrected chi connectivity index (χ3v) is 4.43. The molecule has 0 amide bonds. The average molecular weight is 361 g/mol. The van der Waals surface area contributed by atoms with Crippen LogP contribution in [0.4, 0.5) is 13.2 Å². The van der Waals surface area contributed by atoms with Crippen LogP contribution in [0.2, 0.25) is 0 Å². The summed E-state index contributed by atoms with van der Waals surface area (Å²) in [6, 6.07) is 7.23. The minimum absolute atomic E-state index is 0.0804. The van der Waals surface area contributed by atoms with E-state index in [1.165, 1.54) is 0 Å². The first kappa shape index (κ1) is 16.6. The SMILES string of the molecule is CCOC(=O)c1cnn2c(C(F)(F)F)c3c(nc12)-c1ccccc1CC3. The summed E-state index contributed by atoms with van der Waals surface area (Å²) in [6.45, 7) is 1.73. The van der Waals surface area contributed by atoms with Crippen LogP contribution < -0.4 is 0 Å². The molecule has 1 aromatic carbocycles. The highest BCUT2D eigenvalue weighted by atomic mass is 19.4. The number of carbonyl (C=O) groups excluding carboxylic acids is 1. The Kier molecular flexibility index (Phi) is 3.71. The normalized spacial score (nSPS) is 13.4. The van der Waals surface area contributed by atoms with Crippen LogP contribution in [0.1, 0.15) is 34.1 Å². The van der Waals surface area contributed by atoms with Crippen molar-refractivity contribution in [2.24, 2.45) is 0 Å². The molecule has 0 unspecified atom stereocenters. The van der Waals surface area contributed by atoms with Crippen LogP contribution >= 0.6 is 0 Å². The summed E-state index contributed by atoms with van der Waals surface area (Å²) in [5.74, 6) is -0.743. The van der Waals surface area contributed by atoms with Crippen molar-refractivity contribution >= 4 is 11.6 Å². The molecule has 0 radical (unpaired) electrons. The molecule has 0 saturated carbocycles. The van der Waals surface area contributed by atoms with Crippen LogP contribution in [0.25, 0.3) is 16.9 Å². The molecule has 0 aliphatic heterocycles. The van der Waals surface area contributed by atoms with Gasteiger partial charge >= 0.3 is 12.1 Å². The van der Waals surface area contributed by atoms with Crippen molar-refractivity contribution in [3.63, 3.8) is 0 Å². The Hall–Kier alpha value is -2.90. The predicted molar refractivity (Wildman–Crippen MR) is 86.8 cm³/mol. The van der Waals surface area contributed by atoms with E-state index in [-0.39, 0.29) is 35.5 Å². The number of nitrogens with zero attached hydrogens (tertiary/aromatic N) is 3. The van der Waals surface area contributed by atoms with Gasteiger partial charge in [0.1, 0.15) is 5.56 Å². The number of benzene rings is 1. The average Bonchev–Trinajstić information content (AvgIpc) is 3.02. The van der Waals surface area contributed by atoms with Crippen LogP contribution in [0.15, 0.2) is 30.5 Å². The van der Waals surface area contributed by atoms with E-state index < -0.39 is 17.8 Å². The molecule has 2 heterocycles. The molecule has 0 bridgehead atoms. The van der Waals surface area contributed by atoms with E-state index in [2.05, 4.69) is 10.1 Å². The Morgan fingerprint density at radius 2 is 2.04 bits per heavy atom. The van der Waals surface area contributed by atoms with Crippen molar-refractivity contribution in [2.75, 3.05) is 6.61 Å². The topological polar surface area (TPSA) is 56.5 Å². The highest BCUT2D eigenvalue weighted by Crippen LogP contribution is 2.40. The predicted octanol–water partition coefficient (Wildman–Crippen LogP) is 3.69. The van der Waals surface area contributed by atoms with E-state index in [4.69, 9.17) is 4.74 Å². The standard InChI is InChI=1S/C18H14F3N3O2/c1-2-26-17(25)13-9-22-24-15(18(19,20)21)12-8-7-10-5-3-4-6-11(10)14(12)23-16(13)24/h3-6,9H,2,7-8H2,1H3. The highest BCUT2D eigenvalue weighted by Gasteiger charge is 2.40. The summed E-state index contributed by atoms with van der Waals surface area (Å²) in [5.41, 5.74) is 0.817. The zero-order valence-corrected chi connectivity index (χ0v) is 13.8. The molecule has 134 valence electrons. The Morgan fingerprint density at radius 3 is 2.77 bits per heavy atom. The van der Waals surface area contributed by atoms with Gasteiger partial charge in [-0.3, -0.25) is 0 Å². The lowest BCUT2D eigenvalue weighted by atomic mass is 9.88. The number of fused-ring (bicyclic) bond motifs is 4. The van der Waals surface area contributed by atoms with Crippen LogP contribution in [-0.2, 0) is 23.8 Å². The van der Waals surface area contributed by atoms with Gasteiger partial charge in [0.05, 0.1) is 18.5 Å². The number of ether oxygens (including phenoxy) is 1. The second kappa shape index (κ2) is 5.82. The first-order valence-electron chi connectivity index (χ1n) is 8.15. The van der Waals surface area contributed by atoms with E-state index >= 15 is 0 Å². The maximum absolute atomic E-state index is 13.8. The van der Waals surface area contributed by atoms with E-state index in [9.17, 15) is 18.0 Å². The fraction of sp³-hybridized carbons (Fsp3) is 0.278. The molecule has 1 aliphatic carbocycles. The Labute approximate surface area is 146 Å². The summed E-state index contributed by atoms with van der Waals surface area (Å²) in [7, 11) is 0. The van der Waals surface area contributed by atoms with Gasteiger partial charge in [-0.25, -0.2) is 14.3 Å². The maximum Gasteiger partial charge on any atom is 0.433 e. The molecule has 8 heteroatoms. The van der Waals surface area contributed by atoms with Gasteiger partial charge in [-0.15, -0.1) is 0 Å². The molecule has 5 nitrogen and oxygen atoms in total. The highest BCUT2D eigenvalue weighted by molar-refractivity contribution is 5.96. The number of halogens is 3. The van der Waals surface area contributed by atoms with Gasteiger partial charge in [0.2, 0.25) is 0 Å². The molecule has 0 fully saturated rings. The molecule has 2 aromatic heterocycles. The van der Waals surface area contributed by atoms with Gasteiger partial charge in [0.15, 0.2) is 11.3 Å². The van der Waals surface area contributed by atoms with E-state index in [0.29, 0.717) is 16.5 Å². The monoisotopic (exact) mass is 361 g/mol. The lowest BCUT2D eigenvalue weighted by Gasteiger charge is -2.23. The van der Waals surface area contributed by atoms with Crippen molar-refractivity contribution in [1.29, 1.82) is 0 Å². The number of rotatable bonds is 2. The van der Waals surface area contributed by atoms with Crippen molar-refractivity contribution in [3.8, 4) is 11.3 Å². The minimum Gasteiger partial charge on any atom is -0.462 e. The summed E-state index contributed by atoms with van der Waals surface area (Å²) < 4.78 is 47.1. The lowest BCUT2D eigenvalue weighted by Crippen LogP contribution is -2.21. The fourth-order valence-corrected chi connectivity index (χ4v) is 3.36. The molecule has 26 heavy (non-hydrogen) atoms. The lowest BCUT2D eigenvalue weighted by molar-refractivity contribution is -0.143. The molecule has 1 aliphatic rings. The second-order valence-electron chi connectivity index (χ2n) is 5.96. The molecule has 3 aromatic rings. The van der Waals surface area contributed by atoms with Crippen molar-refractivity contribution in [1.82, 2.24) is 14.6 Å². The van der Waals surface area contributed by atoms with Gasteiger partial charge in [0, 0.05) is 11.1 Å². The number of hydrogen-bond donors (Lipinski definition) is 0. The number of aromatic nitrogens is 3. The van der Waals surface area contributed by atoms with Gasteiger partial charge in [-0.1, -0.05) is 24.3 Å². The van der Waals surface area contributed by atoms with Crippen LogP contribution in [0, 0.1) is 0 Å². The summed E-state index contributed by atoms with van der Waals surface area (Å²) in [4.78, 5) is 16.5. The first-order valence-corrected chi connectivity index (χ1v) is 8.15. The quantitative estimate of drug-likeness (QED) is 0.653. The number of aryl methyl sites for hydroxylation is 1. The smallest absolute Gasteiger partial charge is 0.433 e. The zero-order chi connectivity index (χ0) is 18.5. The maximum atomic E-state index is 13.8. The number of carbonyl (C=O) groups is 1. The largest absolute Gasteiger partial charge is 0.462 e. The van der Waals surface area contributed by atoms with Crippen LogP contribution in [0.5, 0.6) is 0 Å². The Balaban J connectivity index is 2.07. The van der Waals surface area contributed by atoms with Crippen molar-refractivity contribution in [2.45, 2.75) is 25.9 Å². The summed E-state index contributed by atoms with van der Waals surface area (Å²) in [5, 5.41) is 3.79. The minimum atomic E-state index is -4.63. The van der Waals surface area contributed by atoms with Crippen LogP contribution in [-0.4, -0.2) is 27.2 Å². The Bertz CT molecular complexity index is 1020. The van der Waals surface area contributed by atoms with Crippen LogP contribution in [0.3, 0.4) is 0 Å². The van der Waals surface area contributed by atoms with Gasteiger partial charge in [-0.05, 0) is 25.3 Å². The van der Waals surface area contributed by atoms with E-state index in [1.807, 2.05) is 12.1 Å². The third-order valence-electron chi connectivity index (χ3n) is 4.43. The third kappa shape index (κ3) is 2.44. The summed E-state index contributed by atoms with van der Waals surface area (Å²) in [6.07, 6.45) is -2.85. The fourth-order valence-electron chi connectivity index (χ4n) is 3.36. The molecular weight excluding hydrogens is 347 g/mol. The zero-order valence-electron chi connectivity index (χ0n) is 13.8. The van der Waals surface area contributed by atoms with Crippen molar-refractivity contribution < 1.29 is 22.7 Å². The molecule has 0 spiro atoms. The Morgan fingerprint density at radius 1 is 1.27 bits per heavy atom. The summed E-state index contributed by atoms with van der Waals surface area (Å²) >= 11 is 0. The van der Waals surface area contributed by atoms with E-state index in [0.717, 1.165) is 11.8 Å². The van der Waals surface area contributed by atoms with Gasteiger partial charge in [-0.2, -0.15) is 18.3 Å².